The topological polar surface area (TPSA) is 61.5 Å². The van der Waals surface area contributed by atoms with Gasteiger partial charge in [-0.3, -0.25) is 0 Å². The van der Waals surface area contributed by atoms with Gasteiger partial charge in [0, 0.05) is 11.8 Å². The van der Waals surface area contributed by atoms with Crippen LogP contribution in [0.5, 0.6) is 5.75 Å². The first-order chi connectivity index (χ1) is 6.60. The third-order valence-corrected chi connectivity index (χ3v) is 2.57. The number of carbonyl (C=O) groups excluding carboxylic acids is 1. The highest BCUT2D eigenvalue weighted by Gasteiger charge is 2.13. The summed E-state index contributed by atoms with van der Waals surface area (Å²) in [6.45, 7) is 0. The summed E-state index contributed by atoms with van der Waals surface area (Å²) in [5.74, 6) is 0.207. The van der Waals surface area contributed by atoms with Crippen LogP contribution in [0.25, 0.3) is 0 Å². The van der Waals surface area contributed by atoms with Crippen molar-refractivity contribution in [1.29, 1.82) is 0 Å². The van der Waals surface area contributed by atoms with Gasteiger partial charge in [0.2, 0.25) is 0 Å². The van der Waals surface area contributed by atoms with Crippen LogP contribution in [0.3, 0.4) is 0 Å². The molecular weight excluding hydrogens is 297 g/mol. The molecule has 76 valence electrons. The van der Waals surface area contributed by atoms with E-state index in [-0.39, 0.29) is 0 Å². The Labute approximate surface area is 95.5 Å². The molecule has 0 fully saturated rings. The lowest BCUT2D eigenvalue weighted by Crippen LogP contribution is -2.06. The Bertz CT molecular complexity index is 365. The minimum absolute atomic E-state index is 0.356. The lowest BCUT2D eigenvalue weighted by atomic mass is 10.2. The van der Waals surface area contributed by atoms with Crippen LogP contribution >= 0.6 is 22.6 Å². The third kappa shape index (κ3) is 2.09. The number of hydrogen-bond acceptors (Lipinski definition) is 4. The summed E-state index contributed by atoms with van der Waals surface area (Å²) < 4.78 is 10.5. The first-order valence-electron chi connectivity index (χ1n) is 3.81. The normalized spacial score (nSPS) is 9.64. The monoisotopic (exact) mass is 307 g/mol. The number of benzene rings is 1. The molecule has 14 heavy (non-hydrogen) atoms. The summed E-state index contributed by atoms with van der Waals surface area (Å²) in [5.41, 5.74) is 6.37. The Kier molecular flexibility index (Phi) is 3.56. The Morgan fingerprint density at radius 3 is 2.57 bits per heavy atom. The zero-order chi connectivity index (χ0) is 10.7. The van der Waals surface area contributed by atoms with Gasteiger partial charge in [-0.15, -0.1) is 0 Å². The molecule has 1 aromatic carbocycles. The molecule has 0 aliphatic rings. The van der Waals surface area contributed by atoms with Crippen molar-refractivity contribution < 1.29 is 14.3 Å². The lowest BCUT2D eigenvalue weighted by molar-refractivity contribution is 0.0602. The van der Waals surface area contributed by atoms with Gasteiger partial charge in [0.1, 0.15) is 5.75 Å². The van der Waals surface area contributed by atoms with Crippen molar-refractivity contribution in [1.82, 2.24) is 0 Å². The molecule has 2 N–H and O–H groups in total. The molecule has 4 nitrogen and oxygen atoms in total. The number of halogens is 1. The summed E-state index contributed by atoms with van der Waals surface area (Å²) in [4.78, 5) is 11.2. The van der Waals surface area contributed by atoms with Crippen molar-refractivity contribution >= 4 is 34.2 Å². The summed E-state index contributed by atoms with van der Waals surface area (Å²) in [6, 6.07) is 3.24. The van der Waals surface area contributed by atoms with Crippen LogP contribution in [0.2, 0.25) is 0 Å². The fourth-order valence-electron chi connectivity index (χ4n) is 1.01. The largest absolute Gasteiger partial charge is 0.496 e. The van der Waals surface area contributed by atoms with Crippen LogP contribution in [0.15, 0.2) is 12.1 Å². The SMILES string of the molecule is COC(=O)c1cc(I)c(OC)cc1N. The number of rotatable bonds is 2. The van der Waals surface area contributed by atoms with E-state index in [2.05, 4.69) is 27.3 Å². The van der Waals surface area contributed by atoms with Gasteiger partial charge in [-0.05, 0) is 28.7 Å². The fourth-order valence-corrected chi connectivity index (χ4v) is 1.70. The van der Waals surface area contributed by atoms with E-state index in [4.69, 9.17) is 10.5 Å². The van der Waals surface area contributed by atoms with E-state index in [1.807, 2.05) is 0 Å². The van der Waals surface area contributed by atoms with Crippen LogP contribution in [-0.2, 0) is 4.74 Å². The number of anilines is 1. The quantitative estimate of drug-likeness (QED) is 0.513. The molecule has 1 aromatic rings. The predicted octanol–water partition coefficient (Wildman–Crippen LogP) is 1.67. The maximum Gasteiger partial charge on any atom is 0.339 e. The van der Waals surface area contributed by atoms with Gasteiger partial charge in [0.25, 0.3) is 0 Å². The second-order valence-electron chi connectivity index (χ2n) is 2.57. The van der Waals surface area contributed by atoms with Crippen molar-refractivity contribution in [3.8, 4) is 5.75 Å². The Hall–Kier alpha value is -0.980. The van der Waals surface area contributed by atoms with E-state index in [1.54, 1.807) is 19.2 Å². The molecular formula is C9H10INO3. The summed E-state index contributed by atoms with van der Waals surface area (Å²) in [7, 11) is 2.87. The molecule has 5 heteroatoms. The van der Waals surface area contributed by atoms with E-state index in [0.29, 0.717) is 17.0 Å². The number of hydrogen-bond donors (Lipinski definition) is 1. The van der Waals surface area contributed by atoms with Crippen molar-refractivity contribution in [2.75, 3.05) is 20.0 Å². The van der Waals surface area contributed by atoms with E-state index < -0.39 is 5.97 Å². The summed E-state index contributed by atoms with van der Waals surface area (Å²) >= 11 is 2.06. The Morgan fingerprint density at radius 1 is 1.43 bits per heavy atom. The number of nitrogens with two attached hydrogens (primary N) is 1. The number of carbonyl (C=O) groups is 1. The molecule has 0 bridgehead atoms. The van der Waals surface area contributed by atoms with Gasteiger partial charge in [-0.2, -0.15) is 0 Å². The molecule has 0 heterocycles. The average molecular weight is 307 g/mol. The van der Waals surface area contributed by atoms with Crippen LogP contribution in [0, 0.1) is 3.57 Å². The molecule has 0 saturated heterocycles. The number of methoxy groups -OCH3 is 2. The average Bonchev–Trinajstić information content (AvgIpc) is 2.19. The molecule has 0 aliphatic carbocycles. The predicted molar refractivity (Wildman–Crippen MR) is 61.5 cm³/mol. The van der Waals surface area contributed by atoms with Crippen LogP contribution in [0.4, 0.5) is 5.69 Å². The second kappa shape index (κ2) is 4.50. The molecule has 0 unspecified atom stereocenters. The van der Waals surface area contributed by atoms with Crippen LogP contribution in [-0.4, -0.2) is 20.2 Å². The molecule has 0 aromatic heterocycles. The van der Waals surface area contributed by atoms with Gasteiger partial charge >= 0.3 is 5.97 Å². The highest BCUT2D eigenvalue weighted by molar-refractivity contribution is 14.1. The first kappa shape index (κ1) is 11.1. The van der Waals surface area contributed by atoms with Gasteiger partial charge in [-0.25, -0.2) is 4.79 Å². The lowest BCUT2D eigenvalue weighted by Gasteiger charge is -2.08. The minimum atomic E-state index is -0.442. The summed E-state index contributed by atoms with van der Waals surface area (Å²) in [6.07, 6.45) is 0. The second-order valence-corrected chi connectivity index (χ2v) is 3.73. The molecule has 0 aliphatic heterocycles. The van der Waals surface area contributed by atoms with Gasteiger partial charge in [0.05, 0.1) is 23.4 Å². The van der Waals surface area contributed by atoms with E-state index in [9.17, 15) is 4.79 Å². The van der Waals surface area contributed by atoms with Gasteiger partial charge in [0.15, 0.2) is 0 Å². The molecule has 0 amide bonds. The van der Waals surface area contributed by atoms with E-state index in [0.717, 1.165) is 3.57 Å². The Morgan fingerprint density at radius 2 is 2.07 bits per heavy atom. The van der Waals surface area contributed by atoms with Crippen LogP contribution < -0.4 is 10.5 Å². The minimum Gasteiger partial charge on any atom is -0.496 e. The smallest absolute Gasteiger partial charge is 0.339 e. The third-order valence-electron chi connectivity index (χ3n) is 1.73. The van der Waals surface area contributed by atoms with Gasteiger partial charge < -0.3 is 15.2 Å². The van der Waals surface area contributed by atoms with Gasteiger partial charge in [-0.1, -0.05) is 0 Å². The number of ether oxygens (including phenoxy) is 2. The number of nitrogen functional groups attached to an aromatic ring is 1. The number of esters is 1. The fraction of sp³-hybridized carbons (Fsp3) is 0.222. The Balaban J connectivity index is 3.21. The molecule has 0 atom stereocenters. The molecule has 0 radical (unpaired) electrons. The zero-order valence-corrected chi connectivity index (χ0v) is 9.99. The maximum atomic E-state index is 11.2. The van der Waals surface area contributed by atoms with E-state index >= 15 is 0 Å². The highest BCUT2D eigenvalue weighted by atomic mass is 127. The first-order valence-corrected chi connectivity index (χ1v) is 4.89. The highest BCUT2D eigenvalue weighted by Crippen LogP contribution is 2.26. The summed E-state index contributed by atoms with van der Waals surface area (Å²) in [5, 5.41) is 0. The van der Waals surface area contributed by atoms with Crippen molar-refractivity contribution in [3.63, 3.8) is 0 Å². The maximum absolute atomic E-state index is 11.2. The van der Waals surface area contributed by atoms with E-state index in [1.165, 1.54) is 7.11 Å². The van der Waals surface area contributed by atoms with Crippen molar-refractivity contribution in [2.24, 2.45) is 0 Å². The van der Waals surface area contributed by atoms with Crippen molar-refractivity contribution in [2.45, 2.75) is 0 Å². The molecule has 0 saturated carbocycles. The molecule has 0 spiro atoms. The van der Waals surface area contributed by atoms with Crippen LogP contribution in [0.1, 0.15) is 10.4 Å². The standard InChI is InChI=1S/C9H10INO3/c1-13-8-4-7(11)5(3-6(8)10)9(12)14-2/h3-4H,11H2,1-2H3. The molecule has 1 rings (SSSR count). The zero-order valence-electron chi connectivity index (χ0n) is 7.83. The van der Waals surface area contributed by atoms with Crippen molar-refractivity contribution in [3.05, 3.63) is 21.3 Å².